The minimum atomic E-state index is -1.25. The fourth-order valence-electron chi connectivity index (χ4n) is 5.73. The zero-order chi connectivity index (χ0) is 16.5. The SMILES string of the molecule is CC#C[C@@H](B1C2CCCC(CCC2)[C@@H]1[Si](C)(C)C)[Si](C)(C)C. The van der Waals surface area contributed by atoms with E-state index in [2.05, 4.69) is 58.0 Å². The summed E-state index contributed by atoms with van der Waals surface area (Å²) >= 11 is 0. The van der Waals surface area contributed by atoms with E-state index in [-0.39, 0.29) is 0 Å². The van der Waals surface area contributed by atoms with E-state index in [1.807, 2.05) is 0 Å². The molecular weight excluding hydrogens is 295 g/mol. The summed E-state index contributed by atoms with van der Waals surface area (Å²) in [6.07, 6.45) is 9.00. The molecule has 2 aliphatic rings. The Morgan fingerprint density at radius 2 is 1.45 bits per heavy atom. The van der Waals surface area contributed by atoms with Crippen LogP contribution in [0.5, 0.6) is 0 Å². The molecule has 0 N–H and O–H groups in total. The van der Waals surface area contributed by atoms with Crippen molar-refractivity contribution in [3.63, 3.8) is 0 Å². The van der Waals surface area contributed by atoms with Crippen LogP contribution in [-0.2, 0) is 0 Å². The van der Waals surface area contributed by atoms with Gasteiger partial charge < -0.3 is 0 Å². The molecule has 0 aromatic rings. The number of rotatable bonds is 3. The topological polar surface area (TPSA) is 0 Å². The Bertz CT molecular complexity index is 425. The maximum absolute atomic E-state index is 3.77. The van der Waals surface area contributed by atoms with Gasteiger partial charge in [0.1, 0.15) is 0 Å². The van der Waals surface area contributed by atoms with Gasteiger partial charge >= 0.3 is 0 Å². The van der Waals surface area contributed by atoms with E-state index in [9.17, 15) is 0 Å². The Kier molecular flexibility index (Phi) is 5.76. The molecule has 0 nitrogen and oxygen atoms in total. The van der Waals surface area contributed by atoms with Crippen LogP contribution in [0.15, 0.2) is 0 Å². The first-order chi connectivity index (χ1) is 10.2. The third kappa shape index (κ3) is 3.93. The van der Waals surface area contributed by atoms with Crippen LogP contribution in [0.25, 0.3) is 0 Å². The molecule has 0 aliphatic carbocycles. The van der Waals surface area contributed by atoms with Gasteiger partial charge in [0.25, 0.3) is 0 Å². The maximum Gasteiger partial charge on any atom is 0.158 e. The molecule has 0 amide bonds. The smallest absolute Gasteiger partial charge is 0.111 e. The van der Waals surface area contributed by atoms with Crippen LogP contribution in [0.4, 0.5) is 0 Å². The van der Waals surface area contributed by atoms with E-state index < -0.39 is 16.1 Å². The van der Waals surface area contributed by atoms with E-state index in [4.69, 9.17) is 0 Å². The van der Waals surface area contributed by atoms with Gasteiger partial charge in [-0.1, -0.05) is 89.1 Å². The summed E-state index contributed by atoms with van der Waals surface area (Å²) < 4.78 is 0. The van der Waals surface area contributed by atoms with E-state index >= 15 is 0 Å². The van der Waals surface area contributed by atoms with Crippen LogP contribution in [0.2, 0.25) is 56.0 Å². The first-order valence-electron chi connectivity index (χ1n) is 9.58. The Morgan fingerprint density at radius 3 is 1.86 bits per heavy atom. The van der Waals surface area contributed by atoms with Crippen molar-refractivity contribution in [3.05, 3.63) is 0 Å². The summed E-state index contributed by atoms with van der Waals surface area (Å²) in [4.78, 5) is 0. The zero-order valence-corrected chi connectivity index (χ0v) is 18.1. The molecule has 2 bridgehead atoms. The van der Waals surface area contributed by atoms with E-state index in [0.717, 1.165) is 29.3 Å². The number of hydrogen-bond donors (Lipinski definition) is 0. The first-order valence-corrected chi connectivity index (χ1v) is 16.7. The highest BCUT2D eigenvalue weighted by Crippen LogP contribution is 2.54. The predicted molar refractivity (Wildman–Crippen MR) is 108 cm³/mol. The normalized spacial score (nSPS) is 31.0. The maximum atomic E-state index is 3.77. The average molecular weight is 332 g/mol. The van der Waals surface area contributed by atoms with Crippen LogP contribution < -0.4 is 0 Å². The van der Waals surface area contributed by atoms with Crippen LogP contribution in [-0.4, -0.2) is 22.9 Å². The van der Waals surface area contributed by atoms with E-state index in [1.165, 1.54) is 38.5 Å². The largest absolute Gasteiger partial charge is 0.158 e. The van der Waals surface area contributed by atoms with Crippen molar-refractivity contribution in [2.75, 3.05) is 0 Å². The second-order valence-electron chi connectivity index (χ2n) is 10.1. The lowest BCUT2D eigenvalue weighted by Gasteiger charge is -2.44. The number of fused-ring (bicyclic) bond motifs is 3. The molecule has 2 rings (SSSR count). The molecule has 2 saturated heterocycles. The van der Waals surface area contributed by atoms with Crippen molar-refractivity contribution >= 4 is 22.9 Å². The van der Waals surface area contributed by atoms with Crippen LogP contribution in [0.1, 0.15) is 45.4 Å². The van der Waals surface area contributed by atoms with Crippen LogP contribution in [0, 0.1) is 17.8 Å². The second-order valence-corrected chi connectivity index (χ2v) is 20.8. The molecule has 2 atom stereocenters. The molecule has 2 aliphatic heterocycles. The molecule has 0 aromatic heterocycles. The van der Waals surface area contributed by atoms with Crippen molar-refractivity contribution in [1.29, 1.82) is 0 Å². The van der Waals surface area contributed by atoms with Gasteiger partial charge in [0.2, 0.25) is 0 Å². The minimum Gasteiger partial charge on any atom is -0.111 e. The molecule has 22 heavy (non-hydrogen) atoms. The number of hydrogen-bond acceptors (Lipinski definition) is 0. The summed E-state index contributed by atoms with van der Waals surface area (Å²) in [5.41, 5.74) is 1.73. The molecule has 0 radical (unpaired) electrons. The van der Waals surface area contributed by atoms with Gasteiger partial charge in [-0.15, -0.1) is 11.8 Å². The molecule has 3 heteroatoms. The lowest BCUT2D eigenvalue weighted by Crippen LogP contribution is -2.50. The minimum absolute atomic E-state index is 0.720. The molecule has 0 saturated carbocycles. The van der Waals surface area contributed by atoms with Crippen LogP contribution in [0.3, 0.4) is 0 Å². The van der Waals surface area contributed by atoms with Gasteiger partial charge in [-0.25, -0.2) is 0 Å². The Hall–Kier alpha value is 0.0587. The molecule has 0 unspecified atom stereocenters. The standard InChI is InChI=1S/C19H37BSi2/c1-8-11-18(21(2,3)4)20-17-14-9-12-16(13-10-15-17)19(20)22(5,6)7/h16-19H,9-10,12-15H2,1-7H3/t16?,17?,18-,19-/m0/s1. The van der Waals surface area contributed by atoms with Gasteiger partial charge in [0, 0.05) is 8.07 Å². The van der Waals surface area contributed by atoms with Gasteiger partial charge in [0.05, 0.1) is 8.07 Å². The summed E-state index contributed by atoms with van der Waals surface area (Å²) in [6, 6.07) is 0. The third-order valence-corrected chi connectivity index (χ3v) is 11.6. The molecule has 124 valence electrons. The molecule has 2 fully saturated rings. The highest BCUT2D eigenvalue weighted by Gasteiger charge is 2.52. The fourth-order valence-corrected chi connectivity index (χ4v) is 11.5. The van der Waals surface area contributed by atoms with Gasteiger partial charge in [-0.05, 0) is 18.3 Å². The quantitative estimate of drug-likeness (QED) is 0.417. The Morgan fingerprint density at radius 1 is 0.909 bits per heavy atom. The van der Waals surface area contributed by atoms with E-state index in [1.54, 1.807) is 0 Å². The van der Waals surface area contributed by atoms with Gasteiger partial charge in [0.15, 0.2) is 6.71 Å². The fraction of sp³-hybridized carbons (Fsp3) is 0.895. The van der Waals surface area contributed by atoms with Crippen LogP contribution >= 0.6 is 0 Å². The first kappa shape index (κ1) is 18.4. The Labute approximate surface area is 142 Å². The molecule has 2 heterocycles. The van der Waals surface area contributed by atoms with Crippen molar-refractivity contribution in [3.8, 4) is 11.8 Å². The zero-order valence-electron chi connectivity index (χ0n) is 16.1. The predicted octanol–water partition coefficient (Wildman–Crippen LogP) is 6.35. The average Bonchev–Trinajstić information content (AvgIpc) is 2.61. The van der Waals surface area contributed by atoms with Crippen molar-refractivity contribution in [1.82, 2.24) is 0 Å². The molecule has 0 spiro atoms. The monoisotopic (exact) mass is 332 g/mol. The van der Waals surface area contributed by atoms with Gasteiger partial charge in [-0.3, -0.25) is 0 Å². The lowest BCUT2D eigenvalue weighted by atomic mass is 9.35. The van der Waals surface area contributed by atoms with Crippen molar-refractivity contribution in [2.45, 2.75) is 101 Å². The highest BCUT2D eigenvalue weighted by atomic mass is 28.3. The van der Waals surface area contributed by atoms with E-state index in [0.29, 0.717) is 0 Å². The molecule has 0 aromatic carbocycles. The summed E-state index contributed by atoms with van der Waals surface area (Å²) in [5.74, 6) is 9.10. The van der Waals surface area contributed by atoms with Crippen molar-refractivity contribution in [2.24, 2.45) is 5.92 Å². The Balaban J connectivity index is 2.51. The third-order valence-electron chi connectivity index (χ3n) is 6.38. The van der Waals surface area contributed by atoms with Gasteiger partial charge in [-0.2, -0.15) is 0 Å². The lowest BCUT2D eigenvalue weighted by molar-refractivity contribution is 0.411. The summed E-state index contributed by atoms with van der Waals surface area (Å²) in [5, 5.41) is 0. The second kappa shape index (κ2) is 6.89. The summed E-state index contributed by atoms with van der Waals surface area (Å²) in [6.45, 7) is 18.6. The highest BCUT2D eigenvalue weighted by molar-refractivity contribution is 6.98. The summed E-state index contributed by atoms with van der Waals surface area (Å²) in [7, 11) is -2.40. The molecular formula is C19H37BSi2. The van der Waals surface area contributed by atoms with Crippen molar-refractivity contribution < 1.29 is 0 Å².